The van der Waals surface area contributed by atoms with Crippen LogP contribution in [0, 0.1) is 5.82 Å². The molecule has 3 aromatic carbocycles. The second-order valence-electron chi connectivity index (χ2n) is 7.92. The number of fused-ring (bicyclic) bond motifs is 1. The van der Waals surface area contributed by atoms with Crippen LogP contribution in [-0.4, -0.2) is 30.5 Å². The van der Waals surface area contributed by atoms with E-state index in [9.17, 15) is 12.8 Å². The summed E-state index contributed by atoms with van der Waals surface area (Å²) in [6.45, 7) is 0. The molecule has 0 amide bonds. The number of rotatable bonds is 6. The Morgan fingerprint density at radius 1 is 0.857 bits per heavy atom. The molecule has 0 spiro atoms. The molecule has 0 N–H and O–H groups in total. The second kappa shape index (κ2) is 9.23. The van der Waals surface area contributed by atoms with Gasteiger partial charge in [-0.15, -0.1) is 0 Å². The molecule has 0 aliphatic rings. The van der Waals surface area contributed by atoms with Crippen molar-refractivity contribution in [2.24, 2.45) is 0 Å². The zero-order chi connectivity index (χ0) is 24.4. The fraction of sp³-hybridized carbons (Fsp3) is 0.0741. The van der Waals surface area contributed by atoms with E-state index < -0.39 is 9.84 Å². The van der Waals surface area contributed by atoms with Crippen LogP contribution in [-0.2, 0) is 15.6 Å². The highest BCUT2D eigenvalue weighted by molar-refractivity contribution is 7.90. The molecule has 0 fully saturated rings. The molecule has 0 aliphatic heterocycles. The maximum atomic E-state index is 13.3. The van der Waals surface area contributed by atoms with Gasteiger partial charge < -0.3 is 4.74 Å². The molecule has 8 heteroatoms. The lowest BCUT2D eigenvalue weighted by molar-refractivity contribution is 0.416. The predicted molar refractivity (Wildman–Crippen MR) is 132 cm³/mol. The lowest BCUT2D eigenvalue weighted by Gasteiger charge is -2.13. The van der Waals surface area contributed by atoms with Gasteiger partial charge in [-0.05, 0) is 65.0 Å². The van der Waals surface area contributed by atoms with Crippen molar-refractivity contribution in [3.05, 3.63) is 103 Å². The minimum absolute atomic E-state index is 0.208. The molecule has 174 valence electrons. The Hall–Kier alpha value is -4.17. The van der Waals surface area contributed by atoms with Crippen molar-refractivity contribution >= 4 is 20.6 Å². The van der Waals surface area contributed by atoms with E-state index in [2.05, 4.69) is 15.0 Å². The van der Waals surface area contributed by atoms with Gasteiger partial charge in [-0.3, -0.25) is 4.98 Å². The van der Waals surface area contributed by atoms with Crippen LogP contribution in [0.15, 0.2) is 96.4 Å². The number of halogens is 1. The van der Waals surface area contributed by atoms with Gasteiger partial charge in [-0.2, -0.15) is 0 Å². The van der Waals surface area contributed by atoms with E-state index in [0.29, 0.717) is 17.1 Å². The van der Waals surface area contributed by atoms with Crippen molar-refractivity contribution in [2.75, 3.05) is 7.11 Å². The number of hydrogen-bond donors (Lipinski definition) is 0. The predicted octanol–water partition coefficient (Wildman–Crippen LogP) is 5.48. The Kier molecular flexibility index (Phi) is 5.96. The average Bonchev–Trinajstić information content (AvgIpc) is 2.88. The van der Waals surface area contributed by atoms with E-state index in [1.165, 1.54) is 24.7 Å². The van der Waals surface area contributed by atoms with E-state index in [1.54, 1.807) is 55.8 Å². The Labute approximate surface area is 202 Å². The number of methoxy groups -OCH3 is 1. The normalized spacial score (nSPS) is 11.5. The van der Waals surface area contributed by atoms with Crippen LogP contribution in [0.5, 0.6) is 5.75 Å². The maximum absolute atomic E-state index is 13.3. The quantitative estimate of drug-likeness (QED) is 0.317. The maximum Gasteiger partial charge on any atom is 0.184 e. The highest BCUT2D eigenvalue weighted by atomic mass is 32.2. The van der Waals surface area contributed by atoms with Crippen molar-refractivity contribution in [3.8, 4) is 28.1 Å². The van der Waals surface area contributed by atoms with Crippen LogP contribution in [0.2, 0.25) is 0 Å². The number of sulfone groups is 1. The largest absolute Gasteiger partial charge is 0.496 e. The van der Waals surface area contributed by atoms with Crippen LogP contribution in [0.4, 0.5) is 4.39 Å². The first-order valence-electron chi connectivity index (χ1n) is 10.8. The number of hydrogen-bond acceptors (Lipinski definition) is 6. The minimum atomic E-state index is -3.60. The third kappa shape index (κ3) is 4.61. The smallest absolute Gasteiger partial charge is 0.184 e. The van der Waals surface area contributed by atoms with Gasteiger partial charge in [0.05, 0.1) is 29.1 Å². The molecule has 0 aliphatic carbocycles. The Morgan fingerprint density at radius 3 is 2.40 bits per heavy atom. The first-order chi connectivity index (χ1) is 16.9. The van der Waals surface area contributed by atoms with Crippen molar-refractivity contribution in [1.29, 1.82) is 0 Å². The molecule has 2 aromatic heterocycles. The number of ether oxygens (including phenoxy) is 1. The fourth-order valence-electron chi connectivity index (χ4n) is 3.95. The van der Waals surface area contributed by atoms with Crippen molar-refractivity contribution in [1.82, 2.24) is 15.0 Å². The lowest BCUT2D eigenvalue weighted by Crippen LogP contribution is -2.06. The third-order valence-corrected chi connectivity index (χ3v) is 7.36. The lowest BCUT2D eigenvalue weighted by atomic mass is 9.99. The summed E-state index contributed by atoms with van der Waals surface area (Å²) in [6.07, 6.45) is 4.49. The molecule has 2 heterocycles. The first-order valence-corrected chi connectivity index (χ1v) is 12.4. The Balaban J connectivity index is 1.54. The number of benzene rings is 3. The zero-order valence-electron chi connectivity index (χ0n) is 18.7. The van der Waals surface area contributed by atoms with E-state index in [1.807, 2.05) is 18.2 Å². The minimum Gasteiger partial charge on any atom is -0.496 e. The standard InChI is InChI=1S/C27H20FN3O3S/c1-34-26-15-19(18-2-5-21(28)6-3-18)4-8-25(26)27-24-9-7-23(14-20(24)10-13-30-27)35(32,33)16-22-11-12-29-17-31-22/h2-15,17H,16H2,1H3. The molecular formula is C27H20FN3O3S. The molecule has 5 rings (SSSR count). The molecule has 0 bridgehead atoms. The molecule has 5 aromatic rings. The van der Waals surface area contributed by atoms with Crippen molar-refractivity contribution in [2.45, 2.75) is 10.6 Å². The highest BCUT2D eigenvalue weighted by Crippen LogP contribution is 2.37. The summed E-state index contributed by atoms with van der Waals surface area (Å²) >= 11 is 0. The summed E-state index contributed by atoms with van der Waals surface area (Å²) in [7, 11) is -2.02. The topological polar surface area (TPSA) is 82.0 Å². The van der Waals surface area contributed by atoms with Gasteiger partial charge in [0, 0.05) is 23.3 Å². The van der Waals surface area contributed by atoms with Gasteiger partial charge in [-0.1, -0.05) is 24.3 Å². The van der Waals surface area contributed by atoms with Gasteiger partial charge in [0.1, 0.15) is 17.9 Å². The Morgan fingerprint density at radius 2 is 1.66 bits per heavy atom. The molecule has 6 nitrogen and oxygen atoms in total. The van der Waals surface area contributed by atoms with E-state index >= 15 is 0 Å². The average molecular weight is 486 g/mol. The Bertz CT molecular complexity index is 1620. The second-order valence-corrected chi connectivity index (χ2v) is 9.91. The third-order valence-electron chi connectivity index (χ3n) is 5.71. The van der Waals surface area contributed by atoms with Gasteiger partial charge in [0.2, 0.25) is 0 Å². The number of pyridine rings is 1. The summed E-state index contributed by atoms with van der Waals surface area (Å²) < 4.78 is 44.9. The van der Waals surface area contributed by atoms with Crippen LogP contribution >= 0.6 is 0 Å². The van der Waals surface area contributed by atoms with Gasteiger partial charge in [-0.25, -0.2) is 22.8 Å². The molecule has 0 saturated carbocycles. The van der Waals surface area contributed by atoms with Gasteiger partial charge >= 0.3 is 0 Å². The monoisotopic (exact) mass is 485 g/mol. The summed E-state index contributed by atoms with van der Waals surface area (Å²) in [5.41, 5.74) is 3.61. The van der Waals surface area contributed by atoms with E-state index in [4.69, 9.17) is 4.74 Å². The van der Waals surface area contributed by atoms with Crippen molar-refractivity contribution in [3.63, 3.8) is 0 Å². The van der Waals surface area contributed by atoms with Gasteiger partial charge in [0.25, 0.3) is 0 Å². The first kappa shape index (κ1) is 22.6. The molecule has 35 heavy (non-hydrogen) atoms. The number of aromatic nitrogens is 3. The highest BCUT2D eigenvalue weighted by Gasteiger charge is 2.18. The van der Waals surface area contributed by atoms with E-state index in [0.717, 1.165) is 27.5 Å². The van der Waals surface area contributed by atoms with Crippen LogP contribution < -0.4 is 4.74 Å². The van der Waals surface area contributed by atoms with Crippen LogP contribution in [0.25, 0.3) is 33.2 Å². The van der Waals surface area contributed by atoms with E-state index in [-0.39, 0.29) is 16.5 Å². The van der Waals surface area contributed by atoms with Crippen molar-refractivity contribution < 1.29 is 17.5 Å². The fourth-order valence-corrected chi connectivity index (χ4v) is 5.26. The summed E-state index contributed by atoms with van der Waals surface area (Å²) in [5, 5.41) is 1.53. The zero-order valence-corrected chi connectivity index (χ0v) is 19.5. The molecule has 0 radical (unpaired) electrons. The molecule has 0 saturated heterocycles. The molecular weight excluding hydrogens is 465 g/mol. The summed E-state index contributed by atoms with van der Waals surface area (Å²) in [6, 6.07) is 20.3. The number of nitrogens with zero attached hydrogens (tertiary/aromatic N) is 3. The molecule has 0 unspecified atom stereocenters. The van der Waals surface area contributed by atoms with Crippen LogP contribution in [0.3, 0.4) is 0 Å². The summed E-state index contributed by atoms with van der Waals surface area (Å²) in [5.74, 6) is 0.0977. The van der Waals surface area contributed by atoms with Crippen LogP contribution in [0.1, 0.15) is 5.69 Å². The summed E-state index contributed by atoms with van der Waals surface area (Å²) in [4.78, 5) is 12.6. The van der Waals surface area contributed by atoms with Gasteiger partial charge in [0.15, 0.2) is 9.84 Å². The SMILES string of the molecule is COc1cc(-c2ccc(F)cc2)ccc1-c1nccc2cc(S(=O)(=O)Cc3ccncn3)ccc12. The molecule has 0 atom stereocenters.